The van der Waals surface area contributed by atoms with Crippen molar-refractivity contribution in [1.82, 2.24) is 30.0 Å². The van der Waals surface area contributed by atoms with Gasteiger partial charge in [0.15, 0.2) is 11.6 Å². The number of ether oxygens (including phenoxy) is 1. The number of amides is 1. The van der Waals surface area contributed by atoms with E-state index in [9.17, 15) is 9.18 Å². The van der Waals surface area contributed by atoms with Crippen LogP contribution in [0.5, 0.6) is 5.75 Å². The quantitative estimate of drug-likeness (QED) is 0.432. The molecular weight excluding hydrogens is 435 g/mol. The summed E-state index contributed by atoms with van der Waals surface area (Å²) in [4.78, 5) is 25.9. The summed E-state index contributed by atoms with van der Waals surface area (Å²) >= 11 is 0. The van der Waals surface area contributed by atoms with Crippen molar-refractivity contribution in [2.75, 3.05) is 13.7 Å². The van der Waals surface area contributed by atoms with Gasteiger partial charge in [0.2, 0.25) is 0 Å². The van der Waals surface area contributed by atoms with E-state index in [1.54, 1.807) is 47.7 Å². The number of nitrogens with one attached hydrogen (secondary N) is 1. The number of pyridine rings is 1. The van der Waals surface area contributed by atoms with Crippen LogP contribution in [0.4, 0.5) is 4.39 Å². The van der Waals surface area contributed by atoms with Gasteiger partial charge >= 0.3 is 0 Å². The third-order valence-corrected chi connectivity index (χ3v) is 5.74. The number of nitrogens with zero attached hydrogens (tertiary/aromatic N) is 5. The van der Waals surface area contributed by atoms with Gasteiger partial charge < -0.3 is 10.1 Å². The van der Waals surface area contributed by atoms with Crippen molar-refractivity contribution in [2.24, 2.45) is 0 Å². The molecule has 5 rings (SSSR count). The maximum atomic E-state index is 14.2. The molecule has 4 aromatic rings. The number of carbonyl (C=O) groups excluding carboxylic acids is 1. The number of methoxy groups -OCH3 is 1. The predicted molar refractivity (Wildman–Crippen MR) is 123 cm³/mol. The molecule has 0 atom stereocenters. The molecule has 0 radical (unpaired) electrons. The molecule has 1 N–H and O–H groups in total. The molecule has 0 aliphatic heterocycles. The second-order valence-electron chi connectivity index (χ2n) is 8.08. The summed E-state index contributed by atoms with van der Waals surface area (Å²) in [5, 5.41) is 7.43. The molecule has 0 spiro atoms. The van der Waals surface area contributed by atoms with E-state index in [4.69, 9.17) is 4.74 Å². The Morgan fingerprint density at radius 1 is 1.18 bits per heavy atom. The zero-order valence-electron chi connectivity index (χ0n) is 18.6. The van der Waals surface area contributed by atoms with Crippen LogP contribution in [0.1, 0.15) is 40.4 Å². The lowest BCUT2D eigenvalue weighted by molar-refractivity contribution is 0.0953. The van der Waals surface area contributed by atoms with Crippen LogP contribution >= 0.6 is 0 Å². The van der Waals surface area contributed by atoms with E-state index in [1.807, 2.05) is 12.1 Å². The lowest BCUT2D eigenvalue weighted by atomic mass is 10.1. The van der Waals surface area contributed by atoms with Crippen molar-refractivity contribution in [2.45, 2.75) is 25.2 Å². The van der Waals surface area contributed by atoms with Crippen LogP contribution in [-0.4, -0.2) is 44.3 Å². The minimum atomic E-state index is -0.469. The van der Waals surface area contributed by atoms with E-state index < -0.39 is 5.82 Å². The predicted octanol–water partition coefficient (Wildman–Crippen LogP) is 3.72. The highest BCUT2D eigenvalue weighted by atomic mass is 19.1. The molecule has 0 bridgehead atoms. The van der Waals surface area contributed by atoms with Crippen molar-refractivity contribution < 1.29 is 13.9 Å². The van der Waals surface area contributed by atoms with Crippen LogP contribution in [0, 0.1) is 5.82 Å². The monoisotopic (exact) mass is 458 g/mol. The summed E-state index contributed by atoms with van der Waals surface area (Å²) in [6, 6.07) is 10.2. The van der Waals surface area contributed by atoms with Crippen molar-refractivity contribution in [3.05, 3.63) is 83.8 Å². The number of hydrogen-bond acceptors (Lipinski definition) is 6. The highest BCUT2D eigenvalue weighted by Crippen LogP contribution is 2.42. The minimum Gasteiger partial charge on any atom is -0.494 e. The fourth-order valence-corrected chi connectivity index (χ4v) is 3.84. The maximum Gasteiger partial charge on any atom is 0.254 e. The molecule has 9 heteroatoms. The number of benzene rings is 1. The van der Waals surface area contributed by atoms with E-state index in [2.05, 4.69) is 25.4 Å². The van der Waals surface area contributed by atoms with Crippen molar-refractivity contribution in [3.8, 4) is 23.0 Å². The summed E-state index contributed by atoms with van der Waals surface area (Å²) in [7, 11) is 1.42. The molecule has 3 aromatic heterocycles. The van der Waals surface area contributed by atoms with Crippen molar-refractivity contribution in [3.63, 3.8) is 0 Å². The fourth-order valence-electron chi connectivity index (χ4n) is 3.84. The first-order valence-electron chi connectivity index (χ1n) is 11.1. The van der Waals surface area contributed by atoms with Gasteiger partial charge in [-0.15, -0.1) is 0 Å². The van der Waals surface area contributed by atoms with Crippen LogP contribution in [0.2, 0.25) is 0 Å². The molecule has 8 nitrogen and oxygen atoms in total. The largest absolute Gasteiger partial charge is 0.494 e. The second-order valence-corrected chi connectivity index (χ2v) is 8.08. The third-order valence-electron chi connectivity index (χ3n) is 5.74. The SMILES string of the molecule is COc1ccc(-c2ccnc(-n3ncc(C(=O)NCCc4ccncc4)c3C3CC3)n2)cc1F. The van der Waals surface area contributed by atoms with Gasteiger partial charge in [0.25, 0.3) is 11.9 Å². The number of hydrogen-bond donors (Lipinski definition) is 1. The van der Waals surface area contributed by atoms with E-state index in [-0.39, 0.29) is 17.6 Å². The van der Waals surface area contributed by atoms with E-state index >= 15 is 0 Å². The van der Waals surface area contributed by atoms with Gasteiger partial charge in [-0.3, -0.25) is 9.78 Å². The fraction of sp³-hybridized carbons (Fsp3) is 0.240. The lowest BCUT2D eigenvalue weighted by Gasteiger charge is -2.10. The molecule has 1 saturated carbocycles. The molecule has 1 amide bonds. The summed E-state index contributed by atoms with van der Waals surface area (Å²) < 4.78 is 20.8. The molecule has 3 heterocycles. The molecule has 34 heavy (non-hydrogen) atoms. The second kappa shape index (κ2) is 9.38. The van der Waals surface area contributed by atoms with Gasteiger partial charge in [0, 0.05) is 36.6 Å². The molecule has 1 aliphatic rings. The zero-order chi connectivity index (χ0) is 23.5. The molecule has 0 unspecified atom stereocenters. The summed E-state index contributed by atoms with van der Waals surface area (Å²) in [5.41, 5.74) is 3.58. The Balaban J connectivity index is 1.39. The van der Waals surface area contributed by atoms with Crippen LogP contribution in [-0.2, 0) is 6.42 Å². The minimum absolute atomic E-state index is 0.167. The first-order chi connectivity index (χ1) is 16.6. The molecular formula is C25H23FN6O2. The summed E-state index contributed by atoms with van der Waals surface area (Å²) in [5.74, 6) is 0.0977. The van der Waals surface area contributed by atoms with Crippen LogP contribution in [0.3, 0.4) is 0 Å². The van der Waals surface area contributed by atoms with E-state index in [1.165, 1.54) is 13.2 Å². The van der Waals surface area contributed by atoms with Gasteiger partial charge in [0.05, 0.1) is 30.3 Å². The highest BCUT2D eigenvalue weighted by Gasteiger charge is 2.33. The first-order valence-corrected chi connectivity index (χ1v) is 11.1. The number of aromatic nitrogens is 5. The smallest absolute Gasteiger partial charge is 0.254 e. The Kier molecular flexibility index (Phi) is 5.99. The molecule has 172 valence electrons. The van der Waals surface area contributed by atoms with Crippen LogP contribution in [0.25, 0.3) is 17.2 Å². The Morgan fingerprint density at radius 2 is 2.00 bits per heavy atom. The Morgan fingerprint density at radius 3 is 2.74 bits per heavy atom. The highest BCUT2D eigenvalue weighted by molar-refractivity contribution is 5.95. The average Bonchev–Trinajstić information content (AvgIpc) is 3.62. The zero-order valence-corrected chi connectivity index (χ0v) is 18.6. The van der Waals surface area contributed by atoms with Crippen molar-refractivity contribution >= 4 is 5.91 Å². The first kappa shape index (κ1) is 21.7. The normalized spacial score (nSPS) is 13.0. The third kappa shape index (κ3) is 4.50. The average molecular weight is 458 g/mol. The lowest BCUT2D eigenvalue weighted by Crippen LogP contribution is -2.26. The Labute approximate surface area is 195 Å². The summed E-state index contributed by atoms with van der Waals surface area (Å²) in [6.07, 6.45) is 9.32. The molecule has 1 fully saturated rings. The van der Waals surface area contributed by atoms with E-state index in [0.717, 1.165) is 24.1 Å². The topological polar surface area (TPSA) is 94.8 Å². The standard InChI is InChI=1S/C25H23FN6O2/c1-34-22-5-4-18(14-20(22)26)21-9-13-29-25(31-21)32-23(17-2-3-17)19(15-30-32)24(33)28-12-8-16-6-10-27-11-7-16/h4-7,9-11,13-15,17H,2-3,8,12H2,1H3,(H,28,33). The van der Waals surface area contributed by atoms with Gasteiger partial charge in [0.1, 0.15) is 0 Å². The number of rotatable bonds is 8. The van der Waals surface area contributed by atoms with Crippen molar-refractivity contribution in [1.29, 1.82) is 0 Å². The number of carbonyl (C=O) groups is 1. The molecule has 1 aromatic carbocycles. The van der Waals surface area contributed by atoms with Crippen LogP contribution in [0.15, 0.2) is 61.2 Å². The molecule has 1 aliphatic carbocycles. The van der Waals surface area contributed by atoms with Gasteiger partial charge in [-0.05, 0) is 61.2 Å². The Hall–Kier alpha value is -4.14. The Bertz CT molecular complexity index is 1320. The van der Waals surface area contributed by atoms with Gasteiger partial charge in [-0.25, -0.2) is 19.0 Å². The maximum absolute atomic E-state index is 14.2. The number of halogens is 1. The summed E-state index contributed by atoms with van der Waals surface area (Å²) in [6.45, 7) is 0.507. The van der Waals surface area contributed by atoms with Crippen LogP contribution < -0.4 is 10.1 Å². The van der Waals surface area contributed by atoms with Gasteiger partial charge in [-0.1, -0.05) is 0 Å². The van der Waals surface area contributed by atoms with E-state index in [0.29, 0.717) is 35.7 Å². The molecule has 0 saturated heterocycles. The van der Waals surface area contributed by atoms with Gasteiger partial charge in [-0.2, -0.15) is 5.10 Å².